The first-order chi connectivity index (χ1) is 2.91. The highest BCUT2D eigenvalue weighted by Crippen LogP contribution is 1.57. The van der Waals surface area contributed by atoms with Crippen molar-refractivity contribution in [3.63, 3.8) is 0 Å². The average Bonchev–Trinajstić information content (AvgIpc) is 1.61. The topological polar surface area (TPSA) is 72.4 Å². The molecule has 0 spiro atoms. The van der Waals surface area contributed by atoms with Crippen LogP contribution in [0, 0.1) is 10.9 Å². The summed E-state index contributed by atoms with van der Waals surface area (Å²) >= 11 is 0. The summed E-state index contributed by atoms with van der Waals surface area (Å²) in [5.41, 5.74) is 6.03. The normalized spacial score (nSPS) is 8.67. The predicted octanol–water partition coefficient (Wildman–Crippen LogP) is 0.653. The fraction of sp³-hybridized carbons (Fsp3) is 0. The Kier molecular flexibility index (Phi) is 3.24. The van der Waals surface area contributed by atoms with E-state index in [1.165, 1.54) is 0 Å². The molecule has 0 aromatic heterocycles. The molecule has 4 heteroatoms. The summed E-state index contributed by atoms with van der Waals surface area (Å²) in [5, 5.41) is 11.9. The number of hydrogen-bond donors (Lipinski definition) is 2. The van der Waals surface area contributed by atoms with E-state index in [-0.39, 0.29) is 0 Å². The summed E-state index contributed by atoms with van der Waals surface area (Å²) in [6, 6.07) is 0. The van der Waals surface area contributed by atoms with Gasteiger partial charge in [0.1, 0.15) is 0 Å². The average molecular weight is 84.1 g/mol. The Hall–Kier alpha value is -1.06. The van der Waals surface area contributed by atoms with E-state index in [9.17, 15) is 0 Å². The van der Waals surface area contributed by atoms with Crippen molar-refractivity contribution in [2.75, 3.05) is 0 Å². The SMILES string of the molecule is N=CC=NN=N. The number of nitrogens with one attached hydrogen (secondary N) is 2. The Balaban J connectivity index is 3.17. The smallest absolute Gasteiger partial charge is 0.0689 e. The van der Waals surface area contributed by atoms with E-state index >= 15 is 0 Å². The minimum Gasteiger partial charge on any atom is -0.307 e. The molecule has 2 N–H and O–H groups in total. The maximum atomic E-state index is 6.29. The monoisotopic (exact) mass is 84.0 g/mol. The van der Waals surface area contributed by atoms with Crippen LogP contribution in [0.3, 0.4) is 0 Å². The molecule has 0 fully saturated rings. The maximum absolute atomic E-state index is 6.29. The fourth-order valence-electron chi connectivity index (χ4n) is 0.0667. The van der Waals surface area contributed by atoms with Gasteiger partial charge in [-0.1, -0.05) is 5.22 Å². The van der Waals surface area contributed by atoms with E-state index in [1.807, 2.05) is 0 Å². The molecule has 0 amide bonds. The molecule has 6 heavy (non-hydrogen) atoms. The van der Waals surface area contributed by atoms with Gasteiger partial charge in [0.15, 0.2) is 0 Å². The number of nitrogens with zero attached hydrogens (tertiary/aromatic N) is 2. The minimum absolute atomic E-state index is 0.956. The summed E-state index contributed by atoms with van der Waals surface area (Å²) in [5.74, 6) is 0. The first-order valence-corrected chi connectivity index (χ1v) is 1.30. The summed E-state index contributed by atoms with van der Waals surface area (Å²) in [4.78, 5) is 0. The van der Waals surface area contributed by atoms with Gasteiger partial charge in [-0.05, 0) is 0 Å². The summed E-state index contributed by atoms with van der Waals surface area (Å²) in [6.45, 7) is 0. The van der Waals surface area contributed by atoms with Gasteiger partial charge in [0.25, 0.3) is 0 Å². The van der Waals surface area contributed by atoms with Gasteiger partial charge in [0.05, 0.1) is 6.21 Å². The van der Waals surface area contributed by atoms with Crippen molar-refractivity contribution in [2.24, 2.45) is 10.3 Å². The van der Waals surface area contributed by atoms with Crippen LogP contribution in [0.5, 0.6) is 0 Å². The van der Waals surface area contributed by atoms with Crippen LogP contribution < -0.4 is 0 Å². The van der Waals surface area contributed by atoms with Crippen molar-refractivity contribution in [3.05, 3.63) is 0 Å². The van der Waals surface area contributed by atoms with E-state index in [0.717, 1.165) is 12.4 Å². The molecule has 0 radical (unpaired) electrons. The largest absolute Gasteiger partial charge is 0.307 e. The van der Waals surface area contributed by atoms with Crippen LogP contribution in [0.2, 0.25) is 0 Å². The predicted molar refractivity (Wildman–Crippen MR) is 22.4 cm³/mol. The Morgan fingerprint density at radius 1 is 1.50 bits per heavy atom. The van der Waals surface area contributed by atoms with Crippen LogP contribution in [0.1, 0.15) is 0 Å². The lowest BCUT2D eigenvalue weighted by Crippen LogP contribution is -1.64. The van der Waals surface area contributed by atoms with Gasteiger partial charge in [-0.25, -0.2) is 0 Å². The van der Waals surface area contributed by atoms with Crippen molar-refractivity contribution in [3.8, 4) is 0 Å². The Morgan fingerprint density at radius 2 is 2.17 bits per heavy atom. The Bertz CT molecular complexity index is 63.6. The van der Waals surface area contributed by atoms with Crippen LogP contribution in [0.15, 0.2) is 10.3 Å². The summed E-state index contributed by atoms with van der Waals surface area (Å²) < 4.78 is 0. The lowest BCUT2D eigenvalue weighted by atomic mass is 10.8. The third-order valence-electron chi connectivity index (χ3n) is 0.199. The minimum atomic E-state index is 0.956. The van der Waals surface area contributed by atoms with Crippen molar-refractivity contribution in [2.45, 2.75) is 0 Å². The number of rotatable bonds is 2. The second kappa shape index (κ2) is 3.94. The Labute approximate surface area is 34.9 Å². The molecule has 0 aliphatic rings. The molecular weight excluding hydrogens is 80.0 g/mol. The summed E-state index contributed by atoms with van der Waals surface area (Å²) in [6.07, 6.45) is 2.07. The molecule has 0 aliphatic heterocycles. The van der Waals surface area contributed by atoms with Gasteiger partial charge in [-0.2, -0.15) is 5.53 Å². The zero-order valence-corrected chi connectivity index (χ0v) is 3.05. The molecule has 4 nitrogen and oxygen atoms in total. The molecule has 0 atom stereocenters. The molecule has 0 saturated heterocycles. The maximum Gasteiger partial charge on any atom is 0.0689 e. The molecule has 0 aromatic rings. The van der Waals surface area contributed by atoms with Crippen LogP contribution in [0.25, 0.3) is 0 Å². The lowest BCUT2D eigenvalue weighted by molar-refractivity contribution is 0.998. The van der Waals surface area contributed by atoms with E-state index in [2.05, 4.69) is 10.3 Å². The van der Waals surface area contributed by atoms with Gasteiger partial charge in [-0.15, -0.1) is 5.10 Å². The highest BCUT2D eigenvalue weighted by Gasteiger charge is 1.50. The molecule has 0 aliphatic carbocycles. The second-order valence-corrected chi connectivity index (χ2v) is 0.531. The van der Waals surface area contributed by atoms with E-state index < -0.39 is 0 Å². The van der Waals surface area contributed by atoms with Crippen LogP contribution in [-0.4, -0.2) is 12.4 Å². The van der Waals surface area contributed by atoms with E-state index in [0.29, 0.717) is 0 Å². The highest BCUT2D eigenvalue weighted by atomic mass is 15.3. The fourth-order valence-corrected chi connectivity index (χ4v) is 0.0667. The van der Waals surface area contributed by atoms with Crippen molar-refractivity contribution >= 4 is 12.4 Å². The van der Waals surface area contributed by atoms with Crippen LogP contribution in [-0.2, 0) is 0 Å². The Morgan fingerprint density at radius 3 is 2.33 bits per heavy atom. The molecule has 0 unspecified atom stereocenters. The second-order valence-electron chi connectivity index (χ2n) is 0.531. The van der Waals surface area contributed by atoms with E-state index in [4.69, 9.17) is 10.9 Å². The molecule has 0 heterocycles. The third-order valence-corrected chi connectivity index (χ3v) is 0.199. The van der Waals surface area contributed by atoms with Gasteiger partial charge in [0, 0.05) is 6.21 Å². The van der Waals surface area contributed by atoms with Crippen molar-refractivity contribution in [1.29, 1.82) is 10.9 Å². The molecule has 32 valence electrons. The summed E-state index contributed by atoms with van der Waals surface area (Å²) in [7, 11) is 0. The quantitative estimate of drug-likeness (QED) is 0.280. The molecule has 0 rings (SSSR count). The molecule has 0 saturated carbocycles. The lowest BCUT2D eigenvalue weighted by Gasteiger charge is -1.58. The first-order valence-electron chi connectivity index (χ1n) is 1.30. The van der Waals surface area contributed by atoms with Gasteiger partial charge in [-0.3, -0.25) is 0 Å². The highest BCUT2D eigenvalue weighted by molar-refractivity contribution is 6.14. The molecular formula is C2H4N4. The van der Waals surface area contributed by atoms with E-state index in [1.54, 1.807) is 0 Å². The van der Waals surface area contributed by atoms with Crippen LogP contribution in [0.4, 0.5) is 0 Å². The van der Waals surface area contributed by atoms with Crippen LogP contribution >= 0.6 is 0 Å². The number of hydrogen-bond acceptors (Lipinski definition) is 3. The van der Waals surface area contributed by atoms with Gasteiger partial charge >= 0.3 is 0 Å². The van der Waals surface area contributed by atoms with Gasteiger partial charge in [0.2, 0.25) is 0 Å². The zero-order chi connectivity index (χ0) is 4.83. The van der Waals surface area contributed by atoms with Gasteiger partial charge < -0.3 is 5.41 Å². The van der Waals surface area contributed by atoms with Crippen molar-refractivity contribution in [1.82, 2.24) is 0 Å². The van der Waals surface area contributed by atoms with Crippen molar-refractivity contribution < 1.29 is 0 Å². The zero-order valence-electron chi connectivity index (χ0n) is 3.05. The molecule has 0 aromatic carbocycles. The first kappa shape index (κ1) is 4.94. The third kappa shape index (κ3) is 2.94. The standard InChI is InChI=1S/C2H4N4/c3-1-2-5-6-4/h1-4H. The molecule has 0 bridgehead atoms.